The number of nitrogens with one attached hydrogen (secondary N) is 6. The van der Waals surface area contributed by atoms with Crippen LogP contribution in [0.5, 0.6) is 5.75 Å². The zero-order valence-corrected chi connectivity index (χ0v) is 34.1. The van der Waals surface area contributed by atoms with E-state index in [0.29, 0.717) is 34.9 Å². The van der Waals surface area contributed by atoms with E-state index < -0.39 is 18.0 Å². The molecule has 1 aliphatic rings. The van der Waals surface area contributed by atoms with Crippen LogP contribution in [0.15, 0.2) is 67.4 Å². The van der Waals surface area contributed by atoms with Crippen LogP contribution in [0.25, 0.3) is 32.6 Å². The van der Waals surface area contributed by atoms with Gasteiger partial charge in [0, 0.05) is 101 Å². The van der Waals surface area contributed by atoms with Crippen molar-refractivity contribution < 1.29 is 23.9 Å². The summed E-state index contributed by atoms with van der Waals surface area (Å²) in [5, 5.41) is 26.5. The Labute approximate surface area is 344 Å². The second-order valence-corrected chi connectivity index (χ2v) is 15.3. The van der Waals surface area contributed by atoms with Crippen molar-refractivity contribution in [2.45, 2.75) is 39.3 Å². The van der Waals surface area contributed by atoms with Gasteiger partial charge in [-0.15, -0.1) is 0 Å². The minimum Gasteiger partial charge on any atom is -0.469 e. The Morgan fingerprint density at radius 1 is 0.767 bits per heavy atom. The van der Waals surface area contributed by atoms with Crippen LogP contribution in [-0.4, -0.2) is 65.5 Å². The largest absolute Gasteiger partial charge is 0.469 e. The first-order valence-electron chi connectivity index (χ1n) is 19.4. The van der Waals surface area contributed by atoms with Crippen LogP contribution < -0.4 is 37.1 Å². The fraction of sp³-hybridized carbons (Fsp3) is 0.256. The molecule has 1 unspecified atom stereocenters. The van der Waals surface area contributed by atoms with Gasteiger partial charge in [0.05, 0.1) is 39.6 Å². The molecule has 8 rings (SSSR count). The molecule has 17 nitrogen and oxygen atoms in total. The number of nitrogens with zero attached hydrogens (tertiary/aromatic N) is 5. The second kappa shape index (κ2) is 15.3. The smallest absolute Gasteiger partial charge is 0.272 e. The molecular formula is C43H46N12O5. The van der Waals surface area contributed by atoms with Gasteiger partial charge in [0.2, 0.25) is 5.91 Å². The number of fused-ring (bicyclic) bond motifs is 6. The number of aromatic nitrogens is 5. The van der Waals surface area contributed by atoms with E-state index in [2.05, 4.69) is 57.3 Å². The summed E-state index contributed by atoms with van der Waals surface area (Å²) in [5.41, 5.74) is 12.5. The second-order valence-electron chi connectivity index (χ2n) is 15.3. The van der Waals surface area contributed by atoms with E-state index in [1.807, 2.05) is 25.4 Å². The highest BCUT2D eigenvalue weighted by molar-refractivity contribution is 6.21. The molecule has 4 amide bonds. The highest BCUT2D eigenvalue weighted by Crippen LogP contribution is 2.45. The van der Waals surface area contributed by atoms with Gasteiger partial charge in [-0.3, -0.25) is 24.6 Å². The van der Waals surface area contributed by atoms with Crippen LogP contribution in [0.3, 0.4) is 0 Å². The van der Waals surface area contributed by atoms with Crippen molar-refractivity contribution in [1.82, 2.24) is 28.6 Å². The number of benzene rings is 2. The summed E-state index contributed by atoms with van der Waals surface area (Å²) < 4.78 is 13.1. The van der Waals surface area contributed by atoms with E-state index in [-0.39, 0.29) is 42.7 Å². The summed E-state index contributed by atoms with van der Waals surface area (Å²) in [6.07, 6.45) is 9.45. The molecule has 0 fully saturated rings. The molecular weight excluding hydrogens is 765 g/mol. The number of amides is 4. The minimum absolute atomic E-state index is 0.0293. The molecule has 1 atom stereocenters. The van der Waals surface area contributed by atoms with Gasteiger partial charge in [0.15, 0.2) is 6.23 Å². The zero-order chi connectivity index (χ0) is 42.6. The number of amidine groups is 1. The Morgan fingerprint density at radius 3 is 1.98 bits per heavy atom. The molecule has 0 radical (unpaired) electrons. The van der Waals surface area contributed by atoms with Crippen LogP contribution in [0.2, 0.25) is 0 Å². The first kappa shape index (κ1) is 39.3. The van der Waals surface area contributed by atoms with Gasteiger partial charge in [-0.25, -0.2) is 4.98 Å². The summed E-state index contributed by atoms with van der Waals surface area (Å²) in [7, 11) is 7.07. The molecule has 0 saturated carbocycles. The van der Waals surface area contributed by atoms with Gasteiger partial charge in [-0.1, -0.05) is 0 Å². The summed E-state index contributed by atoms with van der Waals surface area (Å²) in [6.45, 7) is 4.46. The van der Waals surface area contributed by atoms with Gasteiger partial charge in [-0.2, -0.15) is 0 Å². The van der Waals surface area contributed by atoms with Crippen molar-refractivity contribution in [3.8, 4) is 5.75 Å². The highest BCUT2D eigenvalue weighted by atomic mass is 16.5. The lowest BCUT2D eigenvalue weighted by atomic mass is 9.96. The van der Waals surface area contributed by atoms with Crippen molar-refractivity contribution in [1.29, 1.82) is 5.41 Å². The summed E-state index contributed by atoms with van der Waals surface area (Å²) in [6, 6.07) is 10.7. The summed E-state index contributed by atoms with van der Waals surface area (Å²) in [4.78, 5) is 57.3. The topological polar surface area (TPSA) is 220 Å². The van der Waals surface area contributed by atoms with Crippen LogP contribution in [-0.2, 0) is 33.0 Å². The molecule has 0 bridgehead atoms. The molecule has 0 saturated heterocycles. The minimum atomic E-state index is -0.448. The SMILES string of the molecule is Cc1c2ccn(C)cc2c(C)c2c1nc1ccc3c(c12)NC(CCC(=O)Nc1cc(C(=O)Nc2cc(C(=O)Nc4cc(C(=O)NCCC(=N)N)n(C)c4)n(C)c2)n(C)c1)O3. The maximum absolute atomic E-state index is 13.4. The van der Waals surface area contributed by atoms with Gasteiger partial charge < -0.3 is 55.3 Å². The Bertz CT molecular complexity index is 2930. The number of aryl methyl sites for hydroxylation is 6. The molecule has 17 heteroatoms. The Kier molecular flexibility index (Phi) is 10.0. The average molecular weight is 811 g/mol. The lowest BCUT2D eigenvalue weighted by Gasteiger charge is -2.12. The number of anilines is 4. The number of rotatable bonds is 12. The fourth-order valence-electron chi connectivity index (χ4n) is 7.91. The molecule has 308 valence electrons. The van der Waals surface area contributed by atoms with Gasteiger partial charge in [0.1, 0.15) is 22.8 Å². The maximum atomic E-state index is 13.4. The van der Waals surface area contributed by atoms with E-state index >= 15 is 0 Å². The lowest BCUT2D eigenvalue weighted by Crippen LogP contribution is -2.28. The number of carbonyl (C=O) groups excluding carboxylic acids is 4. The molecule has 2 aromatic carbocycles. The average Bonchev–Trinajstić information content (AvgIpc) is 4.02. The molecule has 7 aromatic rings. The summed E-state index contributed by atoms with van der Waals surface area (Å²) >= 11 is 0. The highest BCUT2D eigenvalue weighted by Gasteiger charge is 2.28. The Morgan fingerprint density at radius 2 is 1.37 bits per heavy atom. The maximum Gasteiger partial charge on any atom is 0.272 e. The Hall–Kier alpha value is -7.56. The first-order chi connectivity index (χ1) is 28.6. The molecule has 8 N–H and O–H groups in total. The summed E-state index contributed by atoms with van der Waals surface area (Å²) in [5.74, 6) is -0.793. The predicted molar refractivity (Wildman–Crippen MR) is 232 cm³/mol. The van der Waals surface area contributed by atoms with E-state index in [0.717, 1.165) is 44.4 Å². The first-order valence-corrected chi connectivity index (χ1v) is 19.4. The third kappa shape index (κ3) is 7.36. The predicted octanol–water partition coefficient (Wildman–Crippen LogP) is 5.62. The number of pyridine rings is 1. The van der Waals surface area contributed by atoms with E-state index in [9.17, 15) is 19.2 Å². The van der Waals surface area contributed by atoms with E-state index in [1.54, 1.807) is 71.6 Å². The van der Waals surface area contributed by atoms with Gasteiger partial charge in [-0.05, 0) is 66.8 Å². The lowest BCUT2D eigenvalue weighted by molar-refractivity contribution is -0.116. The number of nitrogens with two attached hydrogens (primary N) is 1. The molecule has 5 aromatic heterocycles. The van der Waals surface area contributed by atoms with Crippen molar-refractivity contribution in [2.24, 2.45) is 33.9 Å². The monoisotopic (exact) mass is 810 g/mol. The molecule has 6 heterocycles. The van der Waals surface area contributed by atoms with Crippen LogP contribution in [0, 0.1) is 19.3 Å². The zero-order valence-electron chi connectivity index (χ0n) is 34.1. The quantitative estimate of drug-likeness (QED) is 0.0605. The van der Waals surface area contributed by atoms with Crippen molar-refractivity contribution in [3.05, 3.63) is 95.6 Å². The van der Waals surface area contributed by atoms with Gasteiger partial charge >= 0.3 is 0 Å². The van der Waals surface area contributed by atoms with Crippen molar-refractivity contribution in [3.63, 3.8) is 0 Å². The number of ether oxygens (including phenoxy) is 1. The van der Waals surface area contributed by atoms with E-state index in [1.165, 1.54) is 10.8 Å². The molecule has 0 aliphatic carbocycles. The van der Waals surface area contributed by atoms with Crippen molar-refractivity contribution in [2.75, 3.05) is 27.8 Å². The standard InChI is InChI=1S/C43H46N12O5/c1-22-28-21-52(3)14-12-27(28)23(2)39-37(22)38-29(50-39)7-8-33-40(38)51-36(60-33)10-9-35(56)47-24-15-31(54(5)18-24)42(58)49-26-17-32(55(6)20-26)43(59)48-25-16-30(53(4)19-25)41(57)46-13-11-34(44)45/h7-8,12,14-21,36,51H,9-11,13H2,1-6H3,(H3,44,45)(H,46,57)(H,47,56)(H,48,59)(H,49,58). The normalized spacial score (nSPS) is 13.3. The van der Waals surface area contributed by atoms with Gasteiger partial charge in [0.25, 0.3) is 17.7 Å². The third-order valence-corrected chi connectivity index (χ3v) is 10.9. The Balaban J connectivity index is 0.873. The van der Waals surface area contributed by atoms with Crippen LogP contribution in [0.4, 0.5) is 22.7 Å². The molecule has 60 heavy (non-hydrogen) atoms. The fourth-order valence-corrected chi connectivity index (χ4v) is 7.91. The van der Waals surface area contributed by atoms with Crippen molar-refractivity contribution >= 4 is 84.8 Å². The number of carbonyl (C=O) groups is 4. The number of hydrogen-bond donors (Lipinski definition) is 7. The van der Waals surface area contributed by atoms with Crippen LogP contribution >= 0.6 is 0 Å². The molecule has 1 aliphatic heterocycles. The van der Waals surface area contributed by atoms with Crippen LogP contribution in [0.1, 0.15) is 61.9 Å². The number of hydrogen-bond acceptors (Lipinski definition) is 8. The third-order valence-electron chi connectivity index (χ3n) is 10.9. The molecule has 0 spiro atoms. The van der Waals surface area contributed by atoms with E-state index in [4.69, 9.17) is 20.9 Å².